The second-order valence-corrected chi connectivity index (χ2v) is 7.09. The van der Waals surface area contributed by atoms with E-state index in [0.717, 1.165) is 61.2 Å². The van der Waals surface area contributed by atoms with Gasteiger partial charge in [-0.25, -0.2) is 0 Å². The number of aromatic nitrogens is 1. The number of anilines is 2. The average Bonchev–Trinajstić information content (AvgIpc) is 3.34. The molecule has 1 N–H and O–H groups in total. The number of hydrogen-bond acceptors (Lipinski definition) is 4. The number of rotatable bonds is 5. The number of nitrogens with zero attached hydrogens (tertiary/aromatic N) is 2. The standard InChI is InChI=1S/C20H25N3O2/c1-3-25-16-8-9-23(12-16)19-10-13(2)21-18-11-15(6-7-17(18)19)22-20(24)14-4-5-14/h6-7,10-11,14,16H,3-5,8-9,12H2,1-2H3,(H,22,24)/t16-/m0/s1. The highest BCUT2D eigenvalue weighted by molar-refractivity contribution is 5.98. The zero-order valence-corrected chi connectivity index (χ0v) is 14.9. The fourth-order valence-electron chi connectivity index (χ4n) is 3.59. The normalized spacial score (nSPS) is 20.2. The first-order chi connectivity index (χ1) is 12.1. The fraction of sp³-hybridized carbons (Fsp3) is 0.500. The molecule has 0 unspecified atom stereocenters. The first-order valence-corrected chi connectivity index (χ1v) is 9.23. The Hall–Kier alpha value is -2.14. The summed E-state index contributed by atoms with van der Waals surface area (Å²) in [4.78, 5) is 19.1. The molecule has 0 spiro atoms. The summed E-state index contributed by atoms with van der Waals surface area (Å²) >= 11 is 0. The number of hydrogen-bond donors (Lipinski definition) is 1. The van der Waals surface area contributed by atoms with Crippen molar-refractivity contribution >= 4 is 28.2 Å². The number of pyridine rings is 1. The van der Waals surface area contributed by atoms with Crippen LogP contribution in [0.15, 0.2) is 24.3 Å². The molecule has 1 aliphatic carbocycles. The van der Waals surface area contributed by atoms with Gasteiger partial charge in [-0.05, 0) is 57.4 Å². The summed E-state index contributed by atoms with van der Waals surface area (Å²) in [5.41, 5.74) is 3.98. The van der Waals surface area contributed by atoms with Gasteiger partial charge in [0.25, 0.3) is 0 Å². The Bertz CT molecular complexity index is 801. The van der Waals surface area contributed by atoms with E-state index in [-0.39, 0.29) is 11.8 Å². The highest BCUT2D eigenvalue weighted by Crippen LogP contribution is 2.33. The molecule has 1 atom stereocenters. The number of ether oxygens (including phenoxy) is 1. The van der Waals surface area contributed by atoms with Gasteiger partial charge < -0.3 is 15.0 Å². The Morgan fingerprint density at radius 3 is 2.92 bits per heavy atom. The number of benzene rings is 1. The van der Waals surface area contributed by atoms with Crippen molar-refractivity contribution in [1.29, 1.82) is 0 Å². The number of fused-ring (bicyclic) bond motifs is 1. The van der Waals surface area contributed by atoms with Crippen molar-refractivity contribution in [2.45, 2.75) is 39.2 Å². The van der Waals surface area contributed by atoms with Gasteiger partial charge >= 0.3 is 0 Å². The molecule has 4 rings (SSSR count). The molecule has 25 heavy (non-hydrogen) atoms. The van der Waals surface area contributed by atoms with Crippen molar-refractivity contribution in [2.24, 2.45) is 5.92 Å². The third kappa shape index (κ3) is 3.47. The quantitative estimate of drug-likeness (QED) is 0.906. The van der Waals surface area contributed by atoms with Crippen LogP contribution in [0.3, 0.4) is 0 Å². The molecule has 2 aliphatic rings. The van der Waals surface area contributed by atoms with Gasteiger partial charge in [-0.15, -0.1) is 0 Å². The van der Waals surface area contributed by atoms with Crippen LogP contribution < -0.4 is 10.2 Å². The Kier molecular flexibility index (Phi) is 4.34. The summed E-state index contributed by atoms with van der Waals surface area (Å²) in [5, 5.41) is 4.15. The highest BCUT2D eigenvalue weighted by Gasteiger charge is 2.29. The molecule has 0 radical (unpaired) electrons. The molecule has 0 bridgehead atoms. The van der Waals surface area contributed by atoms with E-state index in [1.807, 2.05) is 26.0 Å². The van der Waals surface area contributed by atoms with Crippen LogP contribution in [0.5, 0.6) is 0 Å². The van der Waals surface area contributed by atoms with Gasteiger partial charge in [-0.3, -0.25) is 9.78 Å². The molecule has 2 fully saturated rings. The summed E-state index contributed by atoms with van der Waals surface area (Å²) in [7, 11) is 0. The molecule has 2 aromatic rings. The summed E-state index contributed by atoms with van der Waals surface area (Å²) in [6, 6.07) is 8.20. The smallest absolute Gasteiger partial charge is 0.227 e. The zero-order valence-electron chi connectivity index (χ0n) is 14.9. The third-order valence-corrected chi connectivity index (χ3v) is 5.02. The Morgan fingerprint density at radius 1 is 1.32 bits per heavy atom. The lowest BCUT2D eigenvalue weighted by atomic mass is 10.1. The lowest BCUT2D eigenvalue weighted by Crippen LogP contribution is -2.23. The van der Waals surface area contributed by atoms with E-state index < -0.39 is 0 Å². The predicted molar refractivity (Wildman–Crippen MR) is 100 cm³/mol. The minimum Gasteiger partial charge on any atom is -0.377 e. The second-order valence-electron chi connectivity index (χ2n) is 7.09. The van der Waals surface area contributed by atoms with Crippen molar-refractivity contribution in [3.05, 3.63) is 30.0 Å². The molecule has 2 heterocycles. The van der Waals surface area contributed by atoms with Crippen molar-refractivity contribution in [2.75, 3.05) is 29.9 Å². The van der Waals surface area contributed by atoms with Gasteiger partial charge in [0.05, 0.1) is 11.6 Å². The van der Waals surface area contributed by atoms with E-state index in [0.29, 0.717) is 6.10 Å². The molecule has 1 saturated carbocycles. The number of aryl methyl sites for hydroxylation is 1. The van der Waals surface area contributed by atoms with Crippen LogP contribution in [0.4, 0.5) is 11.4 Å². The fourth-order valence-corrected chi connectivity index (χ4v) is 3.59. The summed E-state index contributed by atoms with van der Waals surface area (Å²) in [6.45, 7) is 6.76. The average molecular weight is 339 g/mol. The lowest BCUT2D eigenvalue weighted by molar-refractivity contribution is -0.117. The monoisotopic (exact) mass is 339 g/mol. The van der Waals surface area contributed by atoms with E-state index in [2.05, 4.69) is 27.3 Å². The molecular formula is C20H25N3O2. The molecule has 1 aliphatic heterocycles. The maximum atomic E-state index is 12.0. The van der Waals surface area contributed by atoms with E-state index in [1.165, 1.54) is 5.69 Å². The largest absolute Gasteiger partial charge is 0.377 e. The van der Waals surface area contributed by atoms with E-state index in [1.54, 1.807) is 0 Å². The van der Waals surface area contributed by atoms with Gasteiger partial charge in [0, 0.05) is 48.1 Å². The number of amides is 1. The number of carbonyl (C=O) groups is 1. The third-order valence-electron chi connectivity index (χ3n) is 5.02. The van der Waals surface area contributed by atoms with Crippen LogP contribution in [0, 0.1) is 12.8 Å². The number of nitrogens with one attached hydrogen (secondary N) is 1. The van der Waals surface area contributed by atoms with Crippen LogP contribution in [-0.2, 0) is 9.53 Å². The molecular weight excluding hydrogens is 314 g/mol. The van der Waals surface area contributed by atoms with Gasteiger partial charge in [-0.2, -0.15) is 0 Å². The predicted octanol–water partition coefficient (Wildman–Crippen LogP) is 3.51. The maximum absolute atomic E-state index is 12.0. The summed E-state index contributed by atoms with van der Waals surface area (Å²) < 4.78 is 5.78. The van der Waals surface area contributed by atoms with Crippen LogP contribution >= 0.6 is 0 Å². The summed E-state index contributed by atoms with van der Waals surface area (Å²) in [6.07, 6.45) is 3.39. The second kappa shape index (κ2) is 6.64. The molecule has 1 saturated heterocycles. The molecule has 5 nitrogen and oxygen atoms in total. The first kappa shape index (κ1) is 16.3. The zero-order chi connectivity index (χ0) is 17.4. The van der Waals surface area contributed by atoms with Gasteiger partial charge in [-0.1, -0.05) is 0 Å². The Labute approximate surface area is 148 Å². The highest BCUT2D eigenvalue weighted by atomic mass is 16.5. The minimum absolute atomic E-state index is 0.131. The van der Waals surface area contributed by atoms with Crippen molar-refractivity contribution in [3.8, 4) is 0 Å². The van der Waals surface area contributed by atoms with Crippen LogP contribution in [0.25, 0.3) is 10.9 Å². The van der Waals surface area contributed by atoms with Gasteiger partial charge in [0.2, 0.25) is 5.91 Å². The topological polar surface area (TPSA) is 54.5 Å². The van der Waals surface area contributed by atoms with Gasteiger partial charge in [0.15, 0.2) is 0 Å². The van der Waals surface area contributed by atoms with Crippen LogP contribution in [0.1, 0.15) is 31.9 Å². The Balaban J connectivity index is 1.62. The van der Waals surface area contributed by atoms with E-state index in [9.17, 15) is 4.79 Å². The number of carbonyl (C=O) groups excluding carboxylic acids is 1. The molecule has 132 valence electrons. The van der Waals surface area contributed by atoms with E-state index >= 15 is 0 Å². The summed E-state index contributed by atoms with van der Waals surface area (Å²) in [5.74, 6) is 0.336. The lowest BCUT2D eigenvalue weighted by Gasteiger charge is -2.21. The molecule has 5 heteroatoms. The molecule has 1 amide bonds. The van der Waals surface area contributed by atoms with Gasteiger partial charge in [0.1, 0.15) is 0 Å². The van der Waals surface area contributed by atoms with E-state index in [4.69, 9.17) is 4.74 Å². The van der Waals surface area contributed by atoms with Crippen molar-refractivity contribution in [3.63, 3.8) is 0 Å². The molecule has 1 aromatic heterocycles. The van der Waals surface area contributed by atoms with Crippen LogP contribution in [0.2, 0.25) is 0 Å². The Morgan fingerprint density at radius 2 is 2.16 bits per heavy atom. The minimum atomic E-state index is 0.131. The first-order valence-electron chi connectivity index (χ1n) is 9.23. The SMILES string of the molecule is CCO[C@H]1CCN(c2cc(C)nc3cc(NC(=O)C4CC4)ccc23)C1. The van der Waals surface area contributed by atoms with Crippen LogP contribution in [-0.4, -0.2) is 36.7 Å². The molecule has 1 aromatic carbocycles. The van der Waals surface area contributed by atoms with Crippen molar-refractivity contribution < 1.29 is 9.53 Å². The van der Waals surface area contributed by atoms with Crippen molar-refractivity contribution in [1.82, 2.24) is 4.98 Å². The maximum Gasteiger partial charge on any atom is 0.227 e.